The zero-order chi connectivity index (χ0) is 19.5. The molecule has 0 N–H and O–H groups in total. The maximum Gasteiger partial charge on any atom is 0.103 e. The third-order valence-corrected chi connectivity index (χ3v) is 5.87. The summed E-state index contributed by atoms with van der Waals surface area (Å²) in [4.78, 5) is 2.44. The van der Waals surface area contributed by atoms with E-state index in [0.717, 1.165) is 18.2 Å². The number of hydrogen-bond donors (Lipinski definition) is 0. The van der Waals surface area contributed by atoms with Gasteiger partial charge in [-0.15, -0.1) is 0 Å². The molecular formula is C24H48ClN. The average molecular weight is 386 g/mol. The molecule has 0 radical (unpaired) electrons. The minimum Gasteiger partial charge on any atom is -0.362 e. The van der Waals surface area contributed by atoms with E-state index in [0.29, 0.717) is 0 Å². The topological polar surface area (TPSA) is 3.24 Å². The highest BCUT2D eigenvalue weighted by atomic mass is 35.5. The molecule has 0 aliphatic carbocycles. The number of nitrogens with zero attached hydrogens (tertiary/aromatic N) is 1. The van der Waals surface area contributed by atoms with Crippen molar-refractivity contribution in [2.24, 2.45) is 0 Å². The van der Waals surface area contributed by atoms with Crippen LogP contribution in [0.3, 0.4) is 0 Å². The van der Waals surface area contributed by atoms with E-state index in [1.807, 2.05) is 0 Å². The molecule has 0 aliphatic rings. The van der Waals surface area contributed by atoms with Gasteiger partial charge in [-0.05, 0) is 32.3 Å². The van der Waals surface area contributed by atoms with Gasteiger partial charge in [0.05, 0.1) is 0 Å². The molecule has 0 amide bonds. The normalized spacial score (nSPS) is 11.0. The Bertz CT molecular complexity index is 300. The van der Waals surface area contributed by atoms with Crippen molar-refractivity contribution in [2.45, 2.75) is 130 Å². The third-order valence-electron chi connectivity index (χ3n) is 5.25. The highest BCUT2D eigenvalue weighted by Gasteiger charge is 2.08. The van der Waals surface area contributed by atoms with Gasteiger partial charge in [-0.2, -0.15) is 0 Å². The molecule has 1 nitrogen and oxygen atoms in total. The summed E-state index contributed by atoms with van der Waals surface area (Å²) >= 11 is 6.58. The largest absolute Gasteiger partial charge is 0.362 e. The van der Waals surface area contributed by atoms with E-state index in [-0.39, 0.29) is 0 Å². The first-order chi connectivity index (χ1) is 12.6. The lowest BCUT2D eigenvalue weighted by atomic mass is 10.1. The standard InChI is InChI=1S/C24H48ClN/c1-5-7-9-11-13-15-17-19-21-26(24(25)23(3)4)22-20-18-16-14-12-10-8-6-2/h5-22H2,1-4H3. The first-order valence-electron chi connectivity index (χ1n) is 11.7. The molecule has 0 aromatic carbocycles. The Balaban J connectivity index is 3.84. The highest BCUT2D eigenvalue weighted by Crippen LogP contribution is 2.18. The summed E-state index contributed by atoms with van der Waals surface area (Å²) in [5.74, 6) is 0. The van der Waals surface area contributed by atoms with E-state index in [2.05, 4.69) is 32.6 Å². The second-order valence-corrected chi connectivity index (χ2v) is 8.59. The summed E-state index contributed by atoms with van der Waals surface area (Å²) in [6, 6.07) is 0. The van der Waals surface area contributed by atoms with Gasteiger partial charge in [-0.25, -0.2) is 0 Å². The number of hydrogen-bond acceptors (Lipinski definition) is 1. The number of halogens is 1. The summed E-state index contributed by atoms with van der Waals surface area (Å²) in [6.45, 7) is 11.1. The van der Waals surface area contributed by atoms with Gasteiger partial charge in [0.25, 0.3) is 0 Å². The van der Waals surface area contributed by atoms with Crippen LogP contribution in [0.1, 0.15) is 130 Å². The van der Waals surface area contributed by atoms with Crippen LogP contribution in [0.4, 0.5) is 0 Å². The summed E-state index contributed by atoms with van der Waals surface area (Å²) < 4.78 is 0. The third kappa shape index (κ3) is 16.0. The fourth-order valence-corrected chi connectivity index (χ4v) is 3.67. The van der Waals surface area contributed by atoms with Gasteiger partial charge in [0, 0.05) is 13.1 Å². The fraction of sp³-hybridized carbons (Fsp3) is 0.917. The van der Waals surface area contributed by atoms with Crippen LogP contribution in [0.2, 0.25) is 0 Å². The molecule has 0 rings (SSSR count). The summed E-state index contributed by atoms with van der Waals surface area (Å²) in [6.07, 6.45) is 22.1. The van der Waals surface area contributed by atoms with Crippen LogP contribution in [0, 0.1) is 0 Å². The first-order valence-corrected chi connectivity index (χ1v) is 12.1. The Morgan fingerprint density at radius 3 is 1.15 bits per heavy atom. The fourth-order valence-electron chi connectivity index (χ4n) is 3.50. The van der Waals surface area contributed by atoms with Gasteiger partial charge in [0.1, 0.15) is 5.16 Å². The molecule has 0 aromatic heterocycles. The molecule has 0 heterocycles. The van der Waals surface area contributed by atoms with Gasteiger partial charge in [0.2, 0.25) is 0 Å². The van der Waals surface area contributed by atoms with Crippen LogP contribution < -0.4 is 0 Å². The van der Waals surface area contributed by atoms with Gasteiger partial charge < -0.3 is 4.90 Å². The minimum atomic E-state index is 0.996. The van der Waals surface area contributed by atoms with Crippen LogP contribution in [0.5, 0.6) is 0 Å². The monoisotopic (exact) mass is 385 g/mol. The summed E-state index contributed by atoms with van der Waals surface area (Å²) in [7, 11) is 0. The number of unbranched alkanes of at least 4 members (excludes halogenated alkanes) is 14. The Hall–Kier alpha value is -0.170. The maximum atomic E-state index is 6.58. The van der Waals surface area contributed by atoms with Crippen LogP contribution in [0.25, 0.3) is 0 Å². The van der Waals surface area contributed by atoms with Crippen LogP contribution in [-0.2, 0) is 0 Å². The summed E-state index contributed by atoms with van der Waals surface area (Å²) in [5, 5.41) is 0.996. The van der Waals surface area contributed by atoms with Crippen molar-refractivity contribution < 1.29 is 0 Å². The molecule has 0 bridgehead atoms. The molecule has 0 saturated carbocycles. The first kappa shape index (κ1) is 25.8. The lowest BCUT2D eigenvalue weighted by molar-refractivity contribution is 0.337. The molecule has 0 aromatic rings. The number of rotatable bonds is 19. The van der Waals surface area contributed by atoms with Crippen molar-refractivity contribution in [1.82, 2.24) is 4.90 Å². The number of allylic oxidation sites excluding steroid dienone is 1. The van der Waals surface area contributed by atoms with E-state index in [9.17, 15) is 0 Å². The molecule has 0 fully saturated rings. The van der Waals surface area contributed by atoms with Crippen LogP contribution in [-0.4, -0.2) is 18.0 Å². The molecule has 26 heavy (non-hydrogen) atoms. The molecule has 156 valence electrons. The predicted molar refractivity (Wildman–Crippen MR) is 121 cm³/mol. The zero-order valence-corrected chi connectivity index (χ0v) is 19.3. The van der Waals surface area contributed by atoms with Crippen LogP contribution in [0.15, 0.2) is 10.7 Å². The minimum absolute atomic E-state index is 0.996. The van der Waals surface area contributed by atoms with Crippen molar-refractivity contribution in [3.8, 4) is 0 Å². The van der Waals surface area contributed by atoms with E-state index >= 15 is 0 Å². The van der Waals surface area contributed by atoms with Crippen molar-refractivity contribution >= 4 is 11.6 Å². The summed E-state index contributed by atoms with van der Waals surface area (Å²) in [5.41, 5.74) is 1.26. The van der Waals surface area contributed by atoms with Crippen molar-refractivity contribution in [3.05, 3.63) is 10.7 Å². The smallest absolute Gasteiger partial charge is 0.103 e. The van der Waals surface area contributed by atoms with E-state index in [4.69, 9.17) is 11.6 Å². The van der Waals surface area contributed by atoms with E-state index in [1.165, 1.54) is 108 Å². The Kier molecular flexibility index (Phi) is 19.5. The van der Waals surface area contributed by atoms with Gasteiger partial charge in [-0.1, -0.05) is 115 Å². The maximum absolute atomic E-state index is 6.58. The lowest BCUT2D eigenvalue weighted by Crippen LogP contribution is -2.24. The van der Waals surface area contributed by atoms with Crippen molar-refractivity contribution in [1.29, 1.82) is 0 Å². The molecule has 0 atom stereocenters. The van der Waals surface area contributed by atoms with Crippen molar-refractivity contribution in [3.63, 3.8) is 0 Å². The molecular weight excluding hydrogens is 338 g/mol. The lowest BCUT2D eigenvalue weighted by Gasteiger charge is -2.25. The highest BCUT2D eigenvalue weighted by molar-refractivity contribution is 6.29. The predicted octanol–water partition coefficient (Wildman–Crippen LogP) is 9.06. The van der Waals surface area contributed by atoms with Crippen LogP contribution >= 0.6 is 11.6 Å². The average Bonchev–Trinajstić information content (AvgIpc) is 2.63. The second-order valence-electron chi connectivity index (χ2n) is 8.23. The van der Waals surface area contributed by atoms with Gasteiger partial charge in [0.15, 0.2) is 0 Å². The van der Waals surface area contributed by atoms with Crippen molar-refractivity contribution in [2.75, 3.05) is 13.1 Å². The Labute approximate surface area is 171 Å². The molecule has 0 unspecified atom stereocenters. The van der Waals surface area contributed by atoms with Gasteiger partial charge >= 0.3 is 0 Å². The molecule has 0 aliphatic heterocycles. The zero-order valence-electron chi connectivity index (χ0n) is 18.6. The molecule has 0 saturated heterocycles. The Morgan fingerprint density at radius 1 is 0.538 bits per heavy atom. The second kappa shape index (κ2) is 19.6. The quantitative estimate of drug-likeness (QED) is 0.158. The van der Waals surface area contributed by atoms with E-state index < -0.39 is 0 Å². The van der Waals surface area contributed by atoms with E-state index in [1.54, 1.807) is 0 Å². The van der Waals surface area contributed by atoms with Gasteiger partial charge in [-0.3, -0.25) is 0 Å². The Morgan fingerprint density at radius 2 is 0.846 bits per heavy atom. The molecule has 0 spiro atoms. The molecule has 2 heteroatoms. The SMILES string of the molecule is CCCCCCCCCCN(CCCCCCCCCC)C(Cl)=C(C)C.